The first kappa shape index (κ1) is 17.5. The Morgan fingerprint density at radius 2 is 2.08 bits per heavy atom. The highest BCUT2D eigenvalue weighted by molar-refractivity contribution is 5.94. The molecule has 0 bridgehead atoms. The van der Waals surface area contributed by atoms with Crippen LogP contribution in [0.5, 0.6) is 0 Å². The number of hydrogen-bond acceptors (Lipinski definition) is 4. The van der Waals surface area contributed by atoms with Gasteiger partial charge in [0.05, 0.1) is 5.92 Å². The predicted molar refractivity (Wildman–Crippen MR) is 100 cm³/mol. The van der Waals surface area contributed by atoms with E-state index in [2.05, 4.69) is 27.8 Å². The maximum Gasteiger partial charge on any atom is 0.228 e. The van der Waals surface area contributed by atoms with Crippen LogP contribution in [0, 0.1) is 5.92 Å². The molecule has 3 aromatic rings. The highest BCUT2D eigenvalue weighted by Crippen LogP contribution is 2.22. The van der Waals surface area contributed by atoms with E-state index in [1.54, 1.807) is 0 Å². The number of oxazole rings is 1. The Balaban J connectivity index is 0.00000182. The van der Waals surface area contributed by atoms with E-state index in [0.29, 0.717) is 17.9 Å². The molecule has 2 N–H and O–H groups in total. The summed E-state index contributed by atoms with van der Waals surface area (Å²) in [5.74, 6) is 0.784. The Hall–Kier alpha value is -2.37. The van der Waals surface area contributed by atoms with Crippen molar-refractivity contribution in [3.05, 3.63) is 60.0 Å². The zero-order valence-corrected chi connectivity index (χ0v) is 14.5. The molecule has 1 aliphatic rings. The van der Waals surface area contributed by atoms with Crippen molar-refractivity contribution in [2.24, 2.45) is 5.92 Å². The van der Waals surface area contributed by atoms with E-state index >= 15 is 0 Å². The van der Waals surface area contributed by atoms with E-state index in [0.717, 1.165) is 36.3 Å². The normalized spacial score (nSPS) is 16.6. The largest absolute Gasteiger partial charge is 0.440 e. The first-order valence-corrected chi connectivity index (χ1v) is 8.23. The molecule has 25 heavy (non-hydrogen) atoms. The second-order valence-electron chi connectivity index (χ2n) is 6.13. The van der Waals surface area contributed by atoms with Crippen molar-refractivity contribution in [1.29, 1.82) is 0 Å². The fourth-order valence-electron chi connectivity index (χ4n) is 3.02. The van der Waals surface area contributed by atoms with Crippen LogP contribution >= 0.6 is 12.4 Å². The summed E-state index contributed by atoms with van der Waals surface area (Å²) in [5.41, 5.74) is 3.41. The number of anilines is 1. The summed E-state index contributed by atoms with van der Waals surface area (Å²) in [4.78, 5) is 16.7. The summed E-state index contributed by atoms with van der Waals surface area (Å²) in [6.07, 6.45) is 1.54. The molecular weight excluding hydrogens is 338 g/mol. The molecule has 0 radical (unpaired) electrons. The lowest BCUT2D eigenvalue weighted by molar-refractivity contribution is -0.119. The fraction of sp³-hybridized carbons (Fsp3) is 0.263. The van der Waals surface area contributed by atoms with E-state index in [-0.39, 0.29) is 24.2 Å². The molecule has 1 unspecified atom stereocenters. The number of fused-ring (bicyclic) bond motifs is 1. The van der Waals surface area contributed by atoms with Gasteiger partial charge in [-0.3, -0.25) is 4.79 Å². The van der Waals surface area contributed by atoms with Crippen LogP contribution in [0.2, 0.25) is 0 Å². The Bertz CT molecular complexity index is 857. The first-order valence-electron chi connectivity index (χ1n) is 8.23. The molecule has 1 fully saturated rings. The van der Waals surface area contributed by atoms with Crippen molar-refractivity contribution < 1.29 is 9.21 Å². The number of nitrogens with one attached hydrogen (secondary N) is 2. The number of carbonyl (C=O) groups excluding carboxylic acids is 1. The summed E-state index contributed by atoms with van der Waals surface area (Å²) in [6, 6.07) is 15.7. The molecule has 1 aromatic heterocycles. The van der Waals surface area contributed by atoms with Gasteiger partial charge < -0.3 is 15.1 Å². The molecule has 5 nitrogen and oxygen atoms in total. The van der Waals surface area contributed by atoms with Crippen LogP contribution in [0.3, 0.4) is 0 Å². The lowest BCUT2D eigenvalue weighted by atomic mass is 10.1. The summed E-state index contributed by atoms with van der Waals surface area (Å²) in [5, 5.41) is 6.17. The third-order valence-electron chi connectivity index (χ3n) is 4.33. The van der Waals surface area contributed by atoms with Crippen LogP contribution < -0.4 is 10.6 Å². The number of rotatable bonds is 4. The van der Waals surface area contributed by atoms with Crippen LogP contribution in [-0.4, -0.2) is 24.0 Å². The molecule has 0 saturated carbocycles. The minimum atomic E-state index is 0. The Morgan fingerprint density at radius 1 is 1.24 bits per heavy atom. The molecule has 6 heteroatoms. The van der Waals surface area contributed by atoms with Crippen molar-refractivity contribution in [3.8, 4) is 0 Å². The predicted octanol–water partition coefficient (Wildman–Crippen LogP) is 3.39. The Labute approximate surface area is 152 Å². The van der Waals surface area contributed by atoms with Crippen molar-refractivity contribution in [2.75, 3.05) is 18.4 Å². The third kappa shape index (κ3) is 4.00. The molecule has 130 valence electrons. The van der Waals surface area contributed by atoms with Gasteiger partial charge in [0.25, 0.3) is 0 Å². The number of carbonyl (C=O) groups is 1. The number of aromatic nitrogens is 1. The van der Waals surface area contributed by atoms with Gasteiger partial charge in [0, 0.05) is 24.7 Å². The monoisotopic (exact) mass is 357 g/mol. The molecule has 1 saturated heterocycles. The first-order chi connectivity index (χ1) is 11.8. The van der Waals surface area contributed by atoms with E-state index in [1.807, 2.05) is 36.4 Å². The number of halogens is 1. The van der Waals surface area contributed by atoms with Gasteiger partial charge in [-0.15, -0.1) is 12.4 Å². The summed E-state index contributed by atoms with van der Waals surface area (Å²) >= 11 is 0. The van der Waals surface area contributed by atoms with Gasteiger partial charge in [-0.2, -0.15) is 0 Å². The van der Waals surface area contributed by atoms with Crippen molar-refractivity contribution in [1.82, 2.24) is 10.3 Å². The molecule has 1 aliphatic heterocycles. The average Bonchev–Trinajstić information content (AvgIpc) is 3.24. The van der Waals surface area contributed by atoms with E-state index < -0.39 is 0 Å². The zero-order valence-electron chi connectivity index (χ0n) is 13.7. The van der Waals surface area contributed by atoms with Crippen LogP contribution in [0.15, 0.2) is 52.9 Å². The zero-order chi connectivity index (χ0) is 16.4. The maximum atomic E-state index is 12.2. The standard InChI is InChI=1S/C19H19N3O2.ClH/c23-19(14-8-9-20-12-14)21-15-6-7-16-17(11-15)24-18(22-16)10-13-4-2-1-3-5-13;/h1-7,11,14,20H,8-10,12H2,(H,21,23);1H. The Kier molecular flexibility index (Phi) is 5.36. The van der Waals surface area contributed by atoms with Gasteiger partial charge in [-0.25, -0.2) is 4.98 Å². The lowest BCUT2D eigenvalue weighted by Gasteiger charge is -2.09. The van der Waals surface area contributed by atoms with Gasteiger partial charge >= 0.3 is 0 Å². The number of hydrogen-bond donors (Lipinski definition) is 2. The van der Waals surface area contributed by atoms with Gasteiger partial charge in [-0.05, 0) is 30.7 Å². The van der Waals surface area contributed by atoms with Crippen molar-refractivity contribution in [2.45, 2.75) is 12.8 Å². The molecule has 0 spiro atoms. The highest BCUT2D eigenvalue weighted by atomic mass is 35.5. The highest BCUT2D eigenvalue weighted by Gasteiger charge is 2.22. The Morgan fingerprint density at radius 3 is 2.84 bits per heavy atom. The topological polar surface area (TPSA) is 67.2 Å². The van der Waals surface area contributed by atoms with Crippen LogP contribution in [0.25, 0.3) is 11.1 Å². The van der Waals surface area contributed by atoms with Crippen LogP contribution in [-0.2, 0) is 11.2 Å². The minimum absolute atomic E-state index is 0. The van der Waals surface area contributed by atoms with Gasteiger partial charge in [0.2, 0.25) is 5.91 Å². The molecule has 1 amide bonds. The maximum absolute atomic E-state index is 12.2. The lowest BCUT2D eigenvalue weighted by Crippen LogP contribution is -2.24. The summed E-state index contributed by atoms with van der Waals surface area (Å²) in [6.45, 7) is 1.65. The number of amides is 1. The molecule has 4 rings (SSSR count). The van der Waals surface area contributed by atoms with E-state index in [4.69, 9.17) is 4.42 Å². The summed E-state index contributed by atoms with van der Waals surface area (Å²) in [7, 11) is 0. The number of nitrogens with zero attached hydrogens (tertiary/aromatic N) is 1. The summed E-state index contributed by atoms with van der Waals surface area (Å²) < 4.78 is 5.84. The van der Waals surface area contributed by atoms with E-state index in [1.165, 1.54) is 0 Å². The minimum Gasteiger partial charge on any atom is -0.440 e. The molecule has 0 aliphatic carbocycles. The molecule has 2 heterocycles. The van der Waals surface area contributed by atoms with Crippen LogP contribution in [0.1, 0.15) is 17.9 Å². The van der Waals surface area contributed by atoms with Gasteiger partial charge in [0.1, 0.15) is 5.52 Å². The molecular formula is C19H20ClN3O2. The smallest absolute Gasteiger partial charge is 0.228 e. The van der Waals surface area contributed by atoms with E-state index in [9.17, 15) is 4.79 Å². The fourth-order valence-corrected chi connectivity index (χ4v) is 3.02. The third-order valence-corrected chi connectivity index (χ3v) is 4.33. The quantitative estimate of drug-likeness (QED) is 0.751. The van der Waals surface area contributed by atoms with Gasteiger partial charge in [-0.1, -0.05) is 30.3 Å². The van der Waals surface area contributed by atoms with Crippen LogP contribution in [0.4, 0.5) is 5.69 Å². The second kappa shape index (κ2) is 7.68. The second-order valence-corrected chi connectivity index (χ2v) is 6.13. The molecule has 2 aromatic carbocycles. The SMILES string of the molecule is Cl.O=C(Nc1ccc2nc(Cc3ccccc3)oc2c1)C1CCNC1. The van der Waals surface area contributed by atoms with Crippen molar-refractivity contribution >= 4 is 35.1 Å². The van der Waals surface area contributed by atoms with Crippen molar-refractivity contribution in [3.63, 3.8) is 0 Å². The average molecular weight is 358 g/mol. The number of benzene rings is 2. The van der Waals surface area contributed by atoms with Gasteiger partial charge in [0.15, 0.2) is 11.5 Å². The molecule has 1 atom stereocenters.